The van der Waals surface area contributed by atoms with Crippen LogP contribution in [0.4, 0.5) is 0 Å². The smallest absolute Gasteiger partial charge is 0.252 e. The van der Waals surface area contributed by atoms with Gasteiger partial charge in [0.05, 0.1) is 25.4 Å². The molecule has 0 spiro atoms. The number of fused-ring (bicyclic) bond motifs is 1. The molecule has 1 saturated carbocycles. The minimum atomic E-state index is 0.0245. The molecule has 1 saturated heterocycles. The number of amides is 1. The van der Waals surface area contributed by atoms with Crippen molar-refractivity contribution in [3.63, 3.8) is 0 Å². The van der Waals surface area contributed by atoms with E-state index in [0.717, 1.165) is 24.8 Å². The fraction of sp³-hybridized carbons (Fsp3) is 0.615. The Bertz CT molecular complexity index is 406. The van der Waals surface area contributed by atoms with Crippen molar-refractivity contribution in [2.75, 3.05) is 13.2 Å². The van der Waals surface area contributed by atoms with Crippen molar-refractivity contribution < 1.29 is 14.3 Å². The lowest BCUT2D eigenvalue weighted by Gasteiger charge is -2.39. The Morgan fingerprint density at radius 1 is 1.28 bits per heavy atom. The van der Waals surface area contributed by atoms with Gasteiger partial charge in [-0.2, -0.15) is 11.3 Å². The minimum Gasteiger partial charge on any atom is -0.373 e. The van der Waals surface area contributed by atoms with Crippen molar-refractivity contribution in [3.8, 4) is 0 Å². The van der Waals surface area contributed by atoms with Crippen molar-refractivity contribution in [2.45, 2.75) is 37.5 Å². The van der Waals surface area contributed by atoms with E-state index in [1.165, 1.54) is 0 Å². The van der Waals surface area contributed by atoms with E-state index in [-0.39, 0.29) is 24.2 Å². The second-order valence-electron chi connectivity index (χ2n) is 4.81. The summed E-state index contributed by atoms with van der Waals surface area (Å²) in [5.74, 6) is 0.0245. The summed E-state index contributed by atoms with van der Waals surface area (Å²) in [5, 5.41) is 6.88. The van der Waals surface area contributed by atoms with E-state index in [4.69, 9.17) is 9.47 Å². The number of ether oxygens (including phenoxy) is 2. The first-order valence-corrected chi connectivity index (χ1v) is 7.33. The Labute approximate surface area is 110 Å². The predicted octanol–water partition coefficient (Wildman–Crippen LogP) is 1.81. The fourth-order valence-electron chi connectivity index (χ4n) is 2.66. The van der Waals surface area contributed by atoms with E-state index in [1.54, 1.807) is 11.3 Å². The number of hydrogen-bond donors (Lipinski definition) is 1. The van der Waals surface area contributed by atoms with Crippen LogP contribution in [0, 0.1) is 0 Å². The van der Waals surface area contributed by atoms with Crippen molar-refractivity contribution in [3.05, 3.63) is 22.4 Å². The first-order chi connectivity index (χ1) is 8.83. The Morgan fingerprint density at radius 2 is 2.11 bits per heavy atom. The summed E-state index contributed by atoms with van der Waals surface area (Å²) in [6, 6.07) is 2.06. The summed E-state index contributed by atoms with van der Waals surface area (Å²) in [5.41, 5.74) is 0.753. The molecule has 1 aromatic heterocycles. The fourth-order valence-corrected chi connectivity index (χ4v) is 3.30. The molecule has 1 amide bonds. The SMILES string of the molecule is O=C(N[C@@H]1CC[C@H]2OCCO[C@@H]2C1)c1ccsc1. The van der Waals surface area contributed by atoms with Crippen LogP contribution in [-0.4, -0.2) is 37.4 Å². The molecule has 3 atom stereocenters. The van der Waals surface area contributed by atoms with E-state index >= 15 is 0 Å². The van der Waals surface area contributed by atoms with Crippen LogP contribution in [-0.2, 0) is 9.47 Å². The van der Waals surface area contributed by atoms with E-state index in [1.807, 2.05) is 16.8 Å². The molecule has 3 rings (SSSR count). The lowest BCUT2D eigenvalue weighted by atomic mass is 9.89. The standard InChI is InChI=1S/C13H17NO3S/c15-13(9-3-6-18-8-9)14-10-1-2-11-12(7-10)17-5-4-16-11/h3,6,8,10-12H,1-2,4-5,7H2,(H,14,15)/t10-,11-,12-/m1/s1. The second kappa shape index (κ2) is 5.38. The third kappa shape index (κ3) is 2.58. The van der Waals surface area contributed by atoms with Gasteiger partial charge in [-0.3, -0.25) is 4.79 Å². The van der Waals surface area contributed by atoms with E-state index in [9.17, 15) is 4.79 Å². The summed E-state index contributed by atoms with van der Waals surface area (Å²) in [4.78, 5) is 12.0. The molecule has 1 N–H and O–H groups in total. The number of nitrogens with one attached hydrogen (secondary N) is 1. The summed E-state index contributed by atoms with van der Waals surface area (Å²) in [6.07, 6.45) is 3.19. The lowest BCUT2D eigenvalue weighted by Crippen LogP contribution is -2.49. The third-order valence-corrected chi connectivity index (χ3v) is 4.28. The summed E-state index contributed by atoms with van der Waals surface area (Å²) >= 11 is 1.54. The normalized spacial score (nSPS) is 31.7. The summed E-state index contributed by atoms with van der Waals surface area (Å²) < 4.78 is 11.4. The highest BCUT2D eigenvalue weighted by Gasteiger charge is 2.34. The summed E-state index contributed by atoms with van der Waals surface area (Å²) in [7, 11) is 0. The minimum absolute atomic E-state index is 0.0245. The van der Waals surface area contributed by atoms with Gasteiger partial charge in [0.25, 0.3) is 5.91 Å². The van der Waals surface area contributed by atoms with Gasteiger partial charge in [0.15, 0.2) is 0 Å². The molecule has 5 heteroatoms. The van der Waals surface area contributed by atoms with Crippen LogP contribution in [0.1, 0.15) is 29.6 Å². The maximum atomic E-state index is 12.0. The average Bonchev–Trinajstić information content (AvgIpc) is 2.92. The molecular formula is C13H17NO3S. The van der Waals surface area contributed by atoms with E-state index in [0.29, 0.717) is 13.2 Å². The van der Waals surface area contributed by atoms with Crippen LogP contribution in [0.5, 0.6) is 0 Å². The zero-order valence-corrected chi connectivity index (χ0v) is 10.9. The van der Waals surface area contributed by atoms with Gasteiger partial charge < -0.3 is 14.8 Å². The molecule has 2 heterocycles. The highest BCUT2D eigenvalue weighted by molar-refractivity contribution is 7.08. The number of thiophene rings is 1. The molecule has 1 aliphatic carbocycles. The van der Waals surface area contributed by atoms with Gasteiger partial charge >= 0.3 is 0 Å². The van der Waals surface area contributed by atoms with Gasteiger partial charge in [0.1, 0.15) is 0 Å². The maximum Gasteiger partial charge on any atom is 0.252 e. The number of rotatable bonds is 2. The molecule has 1 aromatic rings. The van der Waals surface area contributed by atoms with Crippen LogP contribution >= 0.6 is 11.3 Å². The Hall–Kier alpha value is -0.910. The molecule has 1 aliphatic heterocycles. The van der Waals surface area contributed by atoms with Crippen molar-refractivity contribution in [2.24, 2.45) is 0 Å². The topological polar surface area (TPSA) is 47.6 Å². The number of hydrogen-bond acceptors (Lipinski definition) is 4. The van der Waals surface area contributed by atoms with Gasteiger partial charge in [0.2, 0.25) is 0 Å². The molecule has 0 aromatic carbocycles. The van der Waals surface area contributed by atoms with Gasteiger partial charge in [-0.05, 0) is 30.7 Å². The Morgan fingerprint density at radius 3 is 2.89 bits per heavy atom. The first kappa shape index (κ1) is 12.1. The second-order valence-corrected chi connectivity index (χ2v) is 5.59. The maximum absolute atomic E-state index is 12.0. The van der Waals surface area contributed by atoms with E-state index in [2.05, 4.69) is 5.32 Å². The largest absolute Gasteiger partial charge is 0.373 e. The molecule has 4 nitrogen and oxygen atoms in total. The monoisotopic (exact) mass is 267 g/mol. The molecule has 18 heavy (non-hydrogen) atoms. The average molecular weight is 267 g/mol. The van der Waals surface area contributed by atoms with Gasteiger partial charge in [-0.15, -0.1) is 0 Å². The lowest BCUT2D eigenvalue weighted by molar-refractivity contribution is -0.157. The zero-order valence-electron chi connectivity index (χ0n) is 10.1. The molecule has 2 fully saturated rings. The molecule has 2 aliphatic rings. The van der Waals surface area contributed by atoms with Crippen LogP contribution in [0.15, 0.2) is 16.8 Å². The summed E-state index contributed by atoms with van der Waals surface area (Å²) in [6.45, 7) is 1.37. The van der Waals surface area contributed by atoms with Gasteiger partial charge in [-0.25, -0.2) is 0 Å². The van der Waals surface area contributed by atoms with Crippen LogP contribution < -0.4 is 5.32 Å². The number of carbonyl (C=O) groups excluding carboxylic acids is 1. The molecule has 98 valence electrons. The van der Waals surface area contributed by atoms with Crippen LogP contribution in [0.3, 0.4) is 0 Å². The van der Waals surface area contributed by atoms with Crippen molar-refractivity contribution in [1.82, 2.24) is 5.32 Å². The molecule has 0 radical (unpaired) electrons. The highest BCUT2D eigenvalue weighted by atomic mass is 32.1. The Balaban J connectivity index is 1.56. The van der Waals surface area contributed by atoms with Gasteiger partial charge in [0, 0.05) is 17.0 Å². The van der Waals surface area contributed by atoms with Crippen molar-refractivity contribution >= 4 is 17.2 Å². The molecule has 0 unspecified atom stereocenters. The predicted molar refractivity (Wildman–Crippen MR) is 68.9 cm³/mol. The van der Waals surface area contributed by atoms with Crippen molar-refractivity contribution in [1.29, 1.82) is 0 Å². The number of carbonyl (C=O) groups is 1. The Kier molecular flexibility index (Phi) is 3.63. The quantitative estimate of drug-likeness (QED) is 0.889. The molecule has 0 bridgehead atoms. The third-order valence-electron chi connectivity index (χ3n) is 3.60. The zero-order chi connectivity index (χ0) is 12.4. The van der Waals surface area contributed by atoms with Gasteiger partial charge in [-0.1, -0.05) is 0 Å². The highest BCUT2D eigenvalue weighted by Crippen LogP contribution is 2.27. The molecular weight excluding hydrogens is 250 g/mol. The first-order valence-electron chi connectivity index (χ1n) is 6.39. The van der Waals surface area contributed by atoms with Crippen LogP contribution in [0.25, 0.3) is 0 Å². The van der Waals surface area contributed by atoms with Crippen LogP contribution in [0.2, 0.25) is 0 Å². The van der Waals surface area contributed by atoms with E-state index < -0.39 is 0 Å².